The molecule has 28 heavy (non-hydrogen) atoms. The van der Waals surface area contributed by atoms with Crippen LogP contribution in [0.15, 0.2) is 77.3 Å². The lowest BCUT2D eigenvalue weighted by molar-refractivity contribution is 0.0883. The topological polar surface area (TPSA) is 58.2 Å². The van der Waals surface area contributed by atoms with Crippen LogP contribution in [0.1, 0.15) is 32.4 Å². The van der Waals surface area contributed by atoms with E-state index in [2.05, 4.69) is 26.6 Å². The summed E-state index contributed by atoms with van der Waals surface area (Å²) in [5.41, 5.74) is 1.13. The molecule has 2 amide bonds. The lowest BCUT2D eigenvalue weighted by Gasteiger charge is -2.21. The minimum atomic E-state index is -0.844. The largest absolute Gasteiger partial charge is 0.328 e. The van der Waals surface area contributed by atoms with Crippen molar-refractivity contribution in [3.63, 3.8) is 0 Å². The number of hydrogen-bond donors (Lipinski definition) is 2. The first-order valence-electron chi connectivity index (χ1n) is 8.31. The second-order valence-electron chi connectivity index (χ2n) is 5.95. The summed E-state index contributed by atoms with van der Waals surface area (Å²) < 4.78 is 27.0. The molecule has 0 aliphatic rings. The number of carbonyl (C=O) groups is 2. The Hall–Kier alpha value is -3.06. The fourth-order valence-electron chi connectivity index (χ4n) is 2.49. The summed E-state index contributed by atoms with van der Waals surface area (Å²) >= 11 is 3.34. The van der Waals surface area contributed by atoms with E-state index in [1.807, 2.05) is 0 Å². The van der Waals surface area contributed by atoms with Crippen molar-refractivity contribution in [2.45, 2.75) is 6.17 Å². The maximum Gasteiger partial charge on any atom is 0.253 e. The van der Waals surface area contributed by atoms with Crippen LogP contribution in [-0.4, -0.2) is 11.8 Å². The lowest BCUT2D eigenvalue weighted by atomic mass is 10.1. The van der Waals surface area contributed by atoms with Gasteiger partial charge in [-0.15, -0.1) is 0 Å². The summed E-state index contributed by atoms with van der Waals surface area (Å²) in [6.45, 7) is 0. The molecule has 3 aromatic rings. The third-order valence-corrected chi connectivity index (χ3v) is 4.50. The average molecular weight is 445 g/mol. The van der Waals surface area contributed by atoms with Gasteiger partial charge in [0.25, 0.3) is 11.8 Å². The van der Waals surface area contributed by atoms with E-state index in [0.717, 1.165) is 4.47 Å². The van der Waals surface area contributed by atoms with Gasteiger partial charge in [0.05, 0.1) is 0 Å². The molecule has 0 unspecified atom stereocenters. The Morgan fingerprint density at radius 3 is 1.46 bits per heavy atom. The highest BCUT2D eigenvalue weighted by Gasteiger charge is 2.19. The maximum absolute atomic E-state index is 13.1. The molecule has 142 valence electrons. The zero-order chi connectivity index (χ0) is 20.1. The Kier molecular flexibility index (Phi) is 6.16. The molecule has 0 atom stereocenters. The van der Waals surface area contributed by atoms with Crippen LogP contribution in [0, 0.1) is 11.6 Å². The minimum Gasteiger partial charge on any atom is -0.328 e. The van der Waals surface area contributed by atoms with Crippen molar-refractivity contribution >= 4 is 27.7 Å². The van der Waals surface area contributed by atoms with E-state index in [0.29, 0.717) is 5.56 Å². The first-order chi connectivity index (χ1) is 13.4. The average Bonchev–Trinajstić information content (AvgIpc) is 2.69. The van der Waals surface area contributed by atoms with Crippen LogP contribution in [0.2, 0.25) is 0 Å². The van der Waals surface area contributed by atoms with Crippen molar-refractivity contribution in [1.29, 1.82) is 0 Å². The molecule has 7 heteroatoms. The van der Waals surface area contributed by atoms with Crippen molar-refractivity contribution < 1.29 is 18.4 Å². The molecule has 0 heterocycles. The number of amides is 2. The number of nitrogens with one attached hydrogen (secondary N) is 2. The van der Waals surface area contributed by atoms with E-state index in [1.54, 1.807) is 24.3 Å². The van der Waals surface area contributed by atoms with Crippen molar-refractivity contribution in [3.8, 4) is 0 Å². The van der Waals surface area contributed by atoms with E-state index in [-0.39, 0.29) is 11.1 Å². The number of carbonyl (C=O) groups excluding carboxylic acids is 2. The minimum absolute atomic E-state index is 0.250. The van der Waals surface area contributed by atoms with Gasteiger partial charge in [0.2, 0.25) is 0 Å². The number of halogens is 3. The maximum atomic E-state index is 13.1. The van der Waals surface area contributed by atoms with Crippen LogP contribution in [0.25, 0.3) is 0 Å². The SMILES string of the molecule is O=C(NC(NC(=O)c1ccc(F)cc1)c1ccc(Br)cc1)c1ccc(F)cc1. The van der Waals surface area contributed by atoms with Crippen molar-refractivity contribution in [2.24, 2.45) is 0 Å². The fraction of sp³-hybridized carbons (Fsp3) is 0.0476. The van der Waals surface area contributed by atoms with Gasteiger partial charge in [-0.25, -0.2) is 8.78 Å². The van der Waals surface area contributed by atoms with Gasteiger partial charge >= 0.3 is 0 Å². The van der Waals surface area contributed by atoms with E-state index >= 15 is 0 Å². The van der Waals surface area contributed by atoms with Gasteiger partial charge in [-0.1, -0.05) is 28.1 Å². The van der Waals surface area contributed by atoms with Crippen molar-refractivity contribution in [3.05, 3.63) is 106 Å². The predicted octanol–water partition coefficient (Wildman–Crippen LogP) is 4.59. The third kappa shape index (κ3) is 5.01. The molecule has 0 saturated carbocycles. The summed E-state index contributed by atoms with van der Waals surface area (Å²) in [4.78, 5) is 25.1. The highest BCUT2D eigenvalue weighted by atomic mass is 79.9. The second-order valence-corrected chi connectivity index (χ2v) is 6.86. The van der Waals surface area contributed by atoms with Gasteiger partial charge in [-0.3, -0.25) is 9.59 Å². The van der Waals surface area contributed by atoms with Crippen LogP contribution in [0.4, 0.5) is 8.78 Å². The summed E-state index contributed by atoms with van der Waals surface area (Å²) in [7, 11) is 0. The second kappa shape index (κ2) is 8.75. The molecular formula is C21H15BrF2N2O2. The highest BCUT2D eigenvalue weighted by molar-refractivity contribution is 9.10. The molecule has 0 spiro atoms. The third-order valence-electron chi connectivity index (χ3n) is 3.97. The first kappa shape index (κ1) is 19.7. The van der Waals surface area contributed by atoms with E-state index < -0.39 is 29.6 Å². The Bertz CT molecular complexity index is 915. The van der Waals surface area contributed by atoms with Gasteiger partial charge in [0.1, 0.15) is 17.8 Å². The van der Waals surface area contributed by atoms with Gasteiger partial charge in [-0.05, 0) is 66.2 Å². The van der Waals surface area contributed by atoms with Gasteiger partial charge in [-0.2, -0.15) is 0 Å². The summed E-state index contributed by atoms with van der Waals surface area (Å²) in [6.07, 6.45) is -0.844. The Labute approximate surface area is 168 Å². The van der Waals surface area contributed by atoms with E-state index in [9.17, 15) is 18.4 Å². The van der Waals surface area contributed by atoms with Crippen molar-refractivity contribution in [2.75, 3.05) is 0 Å². The normalized spacial score (nSPS) is 10.6. The highest BCUT2D eigenvalue weighted by Crippen LogP contribution is 2.17. The van der Waals surface area contributed by atoms with Gasteiger partial charge in [0.15, 0.2) is 0 Å². The van der Waals surface area contributed by atoms with E-state index in [4.69, 9.17) is 0 Å². The van der Waals surface area contributed by atoms with Crippen LogP contribution >= 0.6 is 15.9 Å². The zero-order valence-electron chi connectivity index (χ0n) is 14.5. The van der Waals surface area contributed by atoms with Crippen LogP contribution in [0.5, 0.6) is 0 Å². The predicted molar refractivity (Wildman–Crippen MR) is 105 cm³/mol. The molecular weight excluding hydrogens is 430 g/mol. The monoisotopic (exact) mass is 444 g/mol. The molecule has 3 rings (SSSR count). The lowest BCUT2D eigenvalue weighted by Crippen LogP contribution is -2.41. The molecule has 0 radical (unpaired) electrons. The molecule has 0 aliphatic carbocycles. The molecule has 0 aromatic heterocycles. The van der Waals surface area contributed by atoms with E-state index in [1.165, 1.54) is 48.5 Å². The number of benzene rings is 3. The van der Waals surface area contributed by atoms with Crippen LogP contribution < -0.4 is 10.6 Å². The van der Waals surface area contributed by atoms with Gasteiger partial charge < -0.3 is 10.6 Å². The van der Waals surface area contributed by atoms with Crippen LogP contribution in [0.3, 0.4) is 0 Å². The quantitative estimate of drug-likeness (QED) is 0.565. The Morgan fingerprint density at radius 1 is 0.679 bits per heavy atom. The summed E-state index contributed by atoms with van der Waals surface area (Å²) in [6, 6.07) is 17.2. The molecule has 2 N–H and O–H groups in total. The molecule has 0 bridgehead atoms. The first-order valence-corrected chi connectivity index (χ1v) is 9.10. The number of rotatable bonds is 5. The fourth-order valence-corrected chi connectivity index (χ4v) is 2.75. The smallest absolute Gasteiger partial charge is 0.253 e. The zero-order valence-corrected chi connectivity index (χ0v) is 16.0. The number of hydrogen-bond acceptors (Lipinski definition) is 2. The molecule has 0 fully saturated rings. The standard InChI is InChI=1S/C21H15BrF2N2O2/c22-16-7-1-13(2-8-16)19(25-20(27)14-3-9-17(23)10-4-14)26-21(28)15-5-11-18(24)12-6-15/h1-12,19H,(H,25,27)(H,26,28). The van der Waals surface area contributed by atoms with Gasteiger partial charge in [0, 0.05) is 15.6 Å². The Morgan fingerprint density at radius 2 is 1.07 bits per heavy atom. The van der Waals surface area contributed by atoms with Crippen molar-refractivity contribution in [1.82, 2.24) is 10.6 Å². The Balaban J connectivity index is 1.83. The molecule has 3 aromatic carbocycles. The molecule has 4 nitrogen and oxygen atoms in total. The summed E-state index contributed by atoms with van der Waals surface area (Å²) in [5.74, 6) is -1.86. The molecule has 0 aliphatic heterocycles. The molecule has 0 saturated heterocycles. The van der Waals surface area contributed by atoms with Crippen LogP contribution in [-0.2, 0) is 0 Å². The summed E-state index contributed by atoms with van der Waals surface area (Å²) in [5, 5.41) is 5.44.